The molecule has 0 spiro atoms. The van der Waals surface area contributed by atoms with Crippen molar-refractivity contribution in [2.75, 3.05) is 45.2 Å². The summed E-state index contributed by atoms with van der Waals surface area (Å²) in [6.45, 7) is 3.83. The van der Waals surface area contributed by atoms with Crippen LogP contribution in [-0.4, -0.2) is 95.1 Å². The van der Waals surface area contributed by atoms with Crippen molar-refractivity contribution in [2.45, 2.75) is 57.7 Å². The van der Waals surface area contributed by atoms with E-state index in [-0.39, 0.29) is 30.3 Å². The molecule has 2 heterocycles. The molecule has 8 nitrogen and oxygen atoms in total. The summed E-state index contributed by atoms with van der Waals surface area (Å²) in [7, 11) is 1.77. The third-order valence-corrected chi connectivity index (χ3v) is 7.25. The van der Waals surface area contributed by atoms with E-state index in [1.807, 2.05) is 23.3 Å². The molecule has 184 valence electrons. The van der Waals surface area contributed by atoms with Gasteiger partial charge in [0.1, 0.15) is 12.2 Å². The Morgan fingerprint density at radius 2 is 2.03 bits per heavy atom. The number of carbonyl (C=O) groups is 3. The average molecular weight is 478 g/mol. The standard InChI is InChI=1S/C24H39N5O3S/c1-4-5-6-10-14-27-17-21-28(20(23(27)31)13-15-33-3)22(30)18-26(2)29(21)24(32)25-16-19-11-8-7-9-12-19/h7-9,11,19-21H,4-6,10,12-18H2,1-3H3,(H,25,32)/t19?,20-,21?/m0/s1. The predicted octanol–water partition coefficient (Wildman–Crippen LogP) is 2.69. The molecule has 33 heavy (non-hydrogen) atoms. The molecule has 2 saturated heterocycles. The van der Waals surface area contributed by atoms with Crippen molar-refractivity contribution in [3.63, 3.8) is 0 Å². The van der Waals surface area contributed by atoms with Crippen molar-refractivity contribution in [3.8, 4) is 0 Å². The number of carbonyl (C=O) groups excluding carboxylic acids is 3. The Balaban J connectivity index is 1.76. The number of fused-ring (bicyclic) bond motifs is 1. The van der Waals surface area contributed by atoms with Gasteiger partial charge in [-0.25, -0.2) is 14.8 Å². The fourth-order valence-corrected chi connectivity index (χ4v) is 5.28. The third kappa shape index (κ3) is 6.32. The summed E-state index contributed by atoms with van der Waals surface area (Å²) >= 11 is 1.67. The van der Waals surface area contributed by atoms with Gasteiger partial charge in [-0.1, -0.05) is 50.5 Å². The molecule has 9 heteroatoms. The molecule has 3 rings (SSSR count). The second-order valence-corrected chi connectivity index (χ2v) is 10.1. The first-order valence-corrected chi connectivity index (χ1v) is 13.6. The van der Waals surface area contributed by atoms with Gasteiger partial charge in [0.05, 0.1) is 13.1 Å². The van der Waals surface area contributed by atoms with Gasteiger partial charge in [0.25, 0.3) is 0 Å². The van der Waals surface area contributed by atoms with E-state index >= 15 is 0 Å². The van der Waals surface area contributed by atoms with Crippen molar-refractivity contribution in [3.05, 3.63) is 24.3 Å². The molecular weight excluding hydrogens is 438 g/mol. The monoisotopic (exact) mass is 477 g/mol. The van der Waals surface area contributed by atoms with E-state index in [2.05, 4.69) is 24.4 Å². The zero-order chi connectivity index (χ0) is 23.8. The Morgan fingerprint density at radius 3 is 2.73 bits per heavy atom. The van der Waals surface area contributed by atoms with E-state index in [0.29, 0.717) is 26.1 Å². The Labute approximate surface area is 202 Å². The van der Waals surface area contributed by atoms with Crippen molar-refractivity contribution >= 4 is 29.6 Å². The second kappa shape index (κ2) is 12.5. The molecule has 2 unspecified atom stereocenters. The van der Waals surface area contributed by atoms with Gasteiger partial charge in [-0.3, -0.25) is 9.59 Å². The number of amides is 4. The number of nitrogens with one attached hydrogen (secondary N) is 1. The molecule has 2 fully saturated rings. The van der Waals surface area contributed by atoms with Gasteiger partial charge in [0, 0.05) is 20.1 Å². The molecule has 0 aromatic carbocycles. The molecule has 1 N–H and O–H groups in total. The number of allylic oxidation sites excluding steroid dienone is 3. The smallest absolute Gasteiger partial charge is 0.333 e. The first-order valence-electron chi connectivity index (χ1n) is 12.2. The lowest BCUT2D eigenvalue weighted by Crippen LogP contribution is -2.76. The third-order valence-electron chi connectivity index (χ3n) is 6.61. The van der Waals surface area contributed by atoms with Crippen molar-refractivity contribution < 1.29 is 14.4 Å². The number of unbranched alkanes of at least 4 members (excludes halogenated alkanes) is 3. The van der Waals surface area contributed by atoms with Crippen LogP contribution in [0.15, 0.2) is 24.3 Å². The normalized spacial score (nSPS) is 25.5. The zero-order valence-electron chi connectivity index (χ0n) is 20.2. The van der Waals surface area contributed by atoms with Crippen LogP contribution in [0.4, 0.5) is 4.79 Å². The molecule has 3 aliphatic rings. The highest BCUT2D eigenvalue weighted by molar-refractivity contribution is 7.98. The van der Waals surface area contributed by atoms with Gasteiger partial charge in [0.15, 0.2) is 0 Å². The van der Waals surface area contributed by atoms with Crippen molar-refractivity contribution in [1.29, 1.82) is 0 Å². The SMILES string of the molecule is CCCCCCN1CC2N(C(=O)CN(C)N2C(=O)NCC2C=CC=CC2)[C@@H](CCSC)C1=O. The van der Waals surface area contributed by atoms with E-state index in [9.17, 15) is 14.4 Å². The highest BCUT2D eigenvalue weighted by Crippen LogP contribution is 2.28. The lowest BCUT2D eigenvalue weighted by molar-refractivity contribution is -0.187. The molecular formula is C24H39N5O3S. The Hall–Kier alpha value is -2.00. The first kappa shape index (κ1) is 25.6. The molecule has 0 aromatic heterocycles. The van der Waals surface area contributed by atoms with E-state index in [1.54, 1.807) is 33.7 Å². The molecule has 1 aliphatic carbocycles. The van der Waals surface area contributed by atoms with Gasteiger partial charge < -0.3 is 15.1 Å². The van der Waals surface area contributed by atoms with Crippen LogP contribution in [0.3, 0.4) is 0 Å². The fraction of sp³-hybridized carbons (Fsp3) is 0.708. The predicted molar refractivity (Wildman–Crippen MR) is 132 cm³/mol. The maximum absolute atomic E-state index is 13.4. The van der Waals surface area contributed by atoms with Gasteiger partial charge >= 0.3 is 6.03 Å². The Morgan fingerprint density at radius 1 is 1.21 bits per heavy atom. The fourth-order valence-electron chi connectivity index (χ4n) is 4.82. The Kier molecular flexibility index (Phi) is 9.67. The summed E-state index contributed by atoms with van der Waals surface area (Å²) in [6, 6.07) is -0.725. The van der Waals surface area contributed by atoms with Crippen LogP contribution in [0.5, 0.6) is 0 Å². The summed E-state index contributed by atoms with van der Waals surface area (Å²) in [5.41, 5.74) is 0. The molecule has 2 aliphatic heterocycles. The lowest BCUT2D eigenvalue weighted by Gasteiger charge is -2.54. The second-order valence-electron chi connectivity index (χ2n) is 9.08. The largest absolute Gasteiger partial charge is 0.337 e. The van der Waals surface area contributed by atoms with Gasteiger partial charge in [-0.2, -0.15) is 11.8 Å². The number of thioether (sulfide) groups is 1. The maximum atomic E-state index is 13.4. The number of piperazine rings is 1. The minimum Gasteiger partial charge on any atom is -0.337 e. The van der Waals surface area contributed by atoms with E-state index in [0.717, 1.165) is 37.9 Å². The number of rotatable bonds is 10. The number of hydrazine groups is 1. The summed E-state index contributed by atoms with van der Waals surface area (Å²) in [4.78, 5) is 43.3. The lowest BCUT2D eigenvalue weighted by atomic mass is 10.0. The van der Waals surface area contributed by atoms with Gasteiger partial charge in [-0.15, -0.1) is 0 Å². The highest BCUT2D eigenvalue weighted by atomic mass is 32.2. The molecule has 4 amide bonds. The van der Waals surface area contributed by atoms with Crippen LogP contribution in [0.25, 0.3) is 0 Å². The van der Waals surface area contributed by atoms with E-state index < -0.39 is 12.2 Å². The molecule has 0 bridgehead atoms. The summed E-state index contributed by atoms with van der Waals surface area (Å²) in [6.07, 6.45) is 15.6. The minimum atomic E-state index is -0.509. The highest BCUT2D eigenvalue weighted by Gasteiger charge is 2.50. The van der Waals surface area contributed by atoms with Gasteiger partial charge in [-0.05, 0) is 37.2 Å². The topological polar surface area (TPSA) is 76.2 Å². The number of urea groups is 1. The summed E-state index contributed by atoms with van der Waals surface area (Å²) < 4.78 is 0. The zero-order valence-corrected chi connectivity index (χ0v) is 21.1. The number of hydrogen-bond donors (Lipinski definition) is 1. The van der Waals surface area contributed by atoms with Crippen molar-refractivity contribution in [1.82, 2.24) is 25.1 Å². The van der Waals surface area contributed by atoms with Crippen LogP contribution < -0.4 is 5.32 Å². The van der Waals surface area contributed by atoms with Crippen LogP contribution in [0.1, 0.15) is 45.4 Å². The average Bonchev–Trinajstić information content (AvgIpc) is 2.81. The Bertz CT molecular complexity index is 758. The quantitative estimate of drug-likeness (QED) is 0.490. The van der Waals surface area contributed by atoms with Crippen LogP contribution >= 0.6 is 11.8 Å². The molecule has 0 saturated carbocycles. The minimum absolute atomic E-state index is 0.0224. The van der Waals surface area contributed by atoms with Gasteiger partial charge in [0.2, 0.25) is 11.8 Å². The van der Waals surface area contributed by atoms with E-state index in [4.69, 9.17) is 0 Å². The van der Waals surface area contributed by atoms with E-state index in [1.165, 1.54) is 0 Å². The number of hydrogen-bond acceptors (Lipinski definition) is 5. The van der Waals surface area contributed by atoms with Crippen LogP contribution in [0.2, 0.25) is 0 Å². The summed E-state index contributed by atoms with van der Waals surface area (Å²) in [5.74, 6) is 0.996. The van der Waals surface area contributed by atoms with Crippen LogP contribution in [0, 0.1) is 5.92 Å². The molecule has 0 aromatic rings. The number of likely N-dealkylation sites (N-methyl/N-ethyl adjacent to an activating group) is 1. The molecule has 3 atom stereocenters. The first-order chi connectivity index (χ1) is 16.0. The summed E-state index contributed by atoms with van der Waals surface area (Å²) in [5, 5.41) is 6.41. The molecule has 0 radical (unpaired) electrons. The number of nitrogens with zero attached hydrogens (tertiary/aromatic N) is 4. The maximum Gasteiger partial charge on any atom is 0.333 e. The van der Waals surface area contributed by atoms with Crippen LogP contribution in [-0.2, 0) is 9.59 Å². The van der Waals surface area contributed by atoms with Crippen molar-refractivity contribution in [2.24, 2.45) is 5.92 Å².